The van der Waals surface area contributed by atoms with E-state index in [1.54, 1.807) is 0 Å². The van der Waals surface area contributed by atoms with Gasteiger partial charge in [-0.2, -0.15) is 13.2 Å². The molecule has 19 heavy (non-hydrogen) atoms. The van der Waals surface area contributed by atoms with Crippen molar-refractivity contribution in [1.29, 1.82) is 0 Å². The third-order valence-corrected chi connectivity index (χ3v) is 2.94. The van der Waals surface area contributed by atoms with Crippen LogP contribution < -0.4 is 0 Å². The van der Waals surface area contributed by atoms with Crippen LogP contribution in [0.3, 0.4) is 0 Å². The number of hydrogen-bond donors (Lipinski definition) is 2. The maximum atomic E-state index is 12.3. The summed E-state index contributed by atoms with van der Waals surface area (Å²) in [5.41, 5.74) is -0.112. The lowest BCUT2D eigenvalue weighted by Gasteiger charge is -2.17. The van der Waals surface area contributed by atoms with E-state index in [9.17, 15) is 28.2 Å². The number of carbonyl (C=O) groups excluding carboxylic acids is 1. The Labute approximate surface area is 106 Å². The molecule has 2 rings (SSSR count). The first-order chi connectivity index (χ1) is 8.78. The number of halogens is 3. The molecule has 0 bridgehead atoms. The van der Waals surface area contributed by atoms with Crippen molar-refractivity contribution in [2.45, 2.75) is 24.9 Å². The molecule has 8 heteroatoms. The average molecular weight is 278 g/mol. The molecule has 2 unspecified atom stereocenters. The number of carbonyl (C=O) groups is 1. The van der Waals surface area contributed by atoms with Crippen LogP contribution in [0.2, 0.25) is 0 Å². The fourth-order valence-electron chi connectivity index (χ4n) is 2.04. The molecule has 1 aromatic rings. The van der Waals surface area contributed by atoms with E-state index in [1.165, 1.54) is 18.3 Å². The van der Waals surface area contributed by atoms with Crippen LogP contribution in [0.4, 0.5) is 13.2 Å². The fourth-order valence-corrected chi connectivity index (χ4v) is 2.04. The van der Waals surface area contributed by atoms with E-state index in [4.69, 9.17) is 0 Å². The number of rotatable bonds is 2. The van der Waals surface area contributed by atoms with E-state index in [0.717, 1.165) is 9.47 Å². The molecule has 106 valence electrons. The minimum atomic E-state index is -4.42. The van der Waals surface area contributed by atoms with Gasteiger partial charge in [-0.15, -0.1) is 0 Å². The number of likely N-dealkylation sites (tertiary alicyclic amines) is 1. The first-order valence-corrected chi connectivity index (χ1v) is 5.65. The highest BCUT2D eigenvalue weighted by Gasteiger charge is 2.35. The normalized spacial score (nSPS) is 23.9. The fraction of sp³-hybridized carbons (Fsp3) is 0.545. The van der Waals surface area contributed by atoms with Crippen LogP contribution in [-0.4, -0.2) is 57.1 Å². The SMILES string of the molecule is O=C(c1cccn1CC(F)(F)F)N1CC(O)C(O)C1. The molecule has 1 saturated heterocycles. The van der Waals surface area contributed by atoms with Crippen molar-refractivity contribution in [3.63, 3.8) is 0 Å². The minimum Gasteiger partial charge on any atom is -0.388 e. The number of amides is 1. The van der Waals surface area contributed by atoms with Crippen LogP contribution in [0.5, 0.6) is 0 Å². The van der Waals surface area contributed by atoms with E-state index < -0.39 is 30.8 Å². The average Bonchev–Trinajstić information content (AvgIpc) is 2.84. The second-order valence-electron chi connectivity index (χ2n) is 4.48. The topological polar surface area (TPSA) is 65.7 Å². The van der Waals surface area contributed by atoms with Gasteiger partial charge in [0.2, 0.25) is 0 Å². The van der Waals surface area contributed by atoms with Crippen molar-refractivity contribution in [2.24, 2.45) is 0 Å². The van der Waals surface area contributed by atoms with Gasteiger partial charge in [-0.1, -0.05) is 0 Å². The molecule has 0 aromatic carbocycles. The Morgan fingerprint density at radius 2 is 1.89 bits per heavy atom. The van der Waals surface area contributed by atoms with Gasteiger partial charge in [-0.25, -0.2) is 0 Å². The van der Waals surface area contributed by atoms with Crippen LogP contribution in [0, 0.1) is 0 Å². The maximum Gasteiger partial charge on any atom is 0.406 e. The number of hydrogen-bond acceptors (Lipinski definition) is 3. The van der Waals surface area contributed by atoms with Crippen molar-refractivity contribution in [3.05, 3.63) is 24.0 Å². The number of aromatic nitrogens is 1. The third-order valence-electron chi connectivity index (χ3n) is 2.94. The number of aliphatic hydroxyl groups is 2. The summed E-state index contributed by atoms with van der Waals surface area (Å²) < 4.78 is 37.8. The molecule has 1 aromatic heterocycles. The zero-order chi connectivity index (χ0) is 14.2. The highest BCUT2D eigenvalue weighted by atomic mass is 19.4. The van der Waals surface area contributed by atoms with Crippen molar-refractivity contribution in [1.82, 2.24) is 9.47 Å². The van der Waals surface area contributed by atoms with E-state index in [-0.39, 0.29) is 18.8 Å². The molecule has 1 fully saturated rings. The molecule has 5 nitrogen and oxygen atoms in total. The molecular formula is C11H13F3N2O3. The number of nitrogens with zero attached hydrogens (tertiary/aromatic N) is 2. The molecular weight excluding hydrogens is 265 g/mol. The van der Waals surface area contributed by atoms with Gasteiger partial charge >= 0.3 is 6.18 Å². The predicted molar refractivity (Wildman–Crippen MR) is 58.4 cm³/mol. The van der Waals surface area contributed by atoms with Gasteiger partial charge in [-0.05, 0) is 12.1 Å². The molecule has 1 aliphatic rings. The lowest BCUT2D eigenvalue weighted by atomic mass is 10.3. The van der Waals surface area contributed by atoms with Crippen molar-refractivity contribution in [3.8, 4) is 0 Å². The van der Waals surface area contributed by atoms with Crippen molar-refractivity contribution in [2.75, 3.05) is 13.1 Å². The molecule has 1 aliphatic heterocycles. The Morgan fingerprint density at radius 3 is 2.42 bits per heavy atom. The van der Waals surface area contributed by atoms with E-state index >= 15 is 0 Å². The van der Waals surface area contributed by atoms with Gasteiger partial charge in [0.1, 0.15) is 12.2 Å². The Morgan fingerprint density at radius 1 is 1.32 bits per heavy atom. The lowest BCUT2D eigenvalue weighted by molar-refractivity contribution is -0.140. The molecule has 0 radical (unpaired) electrons. The lowest BCUT2D eigenvalue weighted by Crippen LogP contribution is -2.32. The monoisotopic (exact) mass is 278 g/mol. The van der Waals surface area contributed by atoms with Gasteiger partial charge in [-0.3, -0.25) is 4.79 Å². The standard InChI is InChI=1S/C11H13F3N2O3/c12-11(13,14)6-15-3-1-2-7(15)10(19)16-4-8(17)9(18)5-16/h1-3,8-9,17-18H,4-6H2. The van der Waals surface area contributed by atoms with E-state index in [2.05, 4.69) is 0 Å². The summed E-state index contributed by atoms with van der Waals surface area (Å²) in [5.74, 6) is -0.634. The first kappa shape index (κ1) is 13.9. The van der Waals surface area contributed by atoms with Gasteiger partial charge in [0.15, 0.2) is 0 Å². The molecule has 0 spiro atoms. The Hall–Kier alpha value is -1.54. The first-order valence-electron chi connectivity index (χ1n) is 5.65. The van der Waals surface area contributed by atoms with E-state index in [0.29, 0.717) is 0 Å². The quantitative estimate of drug-likeness (QED) is 0.814. The van der Waals surface area contributed by atoms with Crippen LogP contribution in [0.15, 0.2) is 18.3 Å². The highest BCUT2D eigenvalue weighted by molar-refractivity contribution is 5.93. The third kappa shape index (κ3) is 3.07. The van der Waals surface area contributed by atoms with Crippen molar-refractivity contribution < 1.29 is 28.2 Å². The Kier molecular flexibility index (Phi) is 3.55. The zero-order valence-electron chi connectivity index (χ0n) is 9.84. The van der Waals surface area contributed by atoms with Crippen LogP contribution in [0.1, 0.15) is 10.5 Å². The maximum absolute atomic E-state index is 12.3. The molecule has 2 heterocycles. The van der Waals surface area contributed by atoms with Gasteiger partial charge in [0.25, 0.3) is 5.91 Å². The molecule has 1 amide bonds. The highest BCUT2D eigenvalue weighted by Crippen LogP contribution is 2.21. The minimum absolute atomic E-state index is 0.0861. The molecule has 2 N–H and O–H groups in total. The summed E-state index contributed by atoms with van der Waals surface area (Å²) in [6, 6.07) is 2.63. The predicted octanol–water partition coefficient (Wildman–Crippen LogP) is 0.228. The van der Waals surface area contributed by atoms with Gasteiger partial charge < -0.3 is 19.7 Å². The molecule has 0 aliphatic carbocycles. The summed E-state index contributed by atoms with van der Waals surface area (Å²) >= 11 is 0. The van der Waals surface area contributed by atoms with Gasteiger partial charge in [0.05, 0.1) is 12.2 Å². The summed E-state index contributed by atoms with van der Waals surface area (Å²) in [6.07, 6.45) is -5.37. The largest absolute Gasteiger partial charge is 0.406 e. The second kappa shape index (κ2) is 4.86. The van der Waals surface area contributed by atoms with E-state index in [1.807, 2.05) is 0 Å². The van der Waals surface area contributed by atoms with Crippen LogP contribution >= 0.6 is 0 Å². The smallest absolute Gasteiger partial charge is 0.388 e. The summed E-state index contributed by atoms with van der Waals surface area (Å²) in [7, 11) is 0. The second-order valence-corrected chi connectivity index (χ2v) is 4.48. The summed E-state index contributed by atoms with van der Waals surface area (Å²) in [5, 5.41) is 18.7. The molecule has 0 saturated carbocycles. The molecule has 2 atom stereocenters. The van der Waals surface area contributed by atoms with Crippen LogP contribution in [-0.2, 0) is 6.54 Å². The number of alkyl halides is 3. The zero-order valence-corrected chi connectivity index (χ0v) is 9.84. The summed E-state index contributed by atoms with van der Waals surface area (Å²) in [6.45, 7) is -1.42. The Balaban J connectivity index is 2.14. The van der Waals surface area contributed by atoms with Gasteiger partial charge in [0, 0.05) is 19.3 Å². The van der Waals surface area contributed by atoms with Crippen LogP contribution in [0.25, 0.3) is 0 Å². The number of β-amino-alcohol motifs (C(OH)–C–C–N with tert-alkyl or cyclic N) is 2. The summed E-state index contributed by atoms with van der Waals surface area (Å²) in [4.78, 5) is 13.2. The van der Waals surface area contributed by atoms with Crippen molar-refractivity contribution >= 4 is 5.91 Å². The number of aliphatic hydroxyl groups excluding tert-OH is 2. The Bertz CT molecular complexity index is 462.